The van der Waals surface area contributed by atoms with E-state index in [2.05, 4.69) is 0 Å². The lowest BCUT2D eigenvalue weighted by Crippen LogP contribution is -2.37. The number of benzene rings is 2. The van der Waals surface area contributed by atoms with Crippen LogP contribution in [0.2, 0.25) is 0 Å². The fraction of sp³-hybridized carbons (Fsp3) is 0.500. The van der Waals surface area contributed by atoms with Crippen LogP contribution in [0.25, 0.3) is 0 Å². The molecule has 0 unspecified atom stereocenters. The lowest BCUT2D eigenvalue weighted by molar-refractivity contribution is -0.118. The SMILES string of the molecule is COc1ccccc1CN(CCCCCC(=O)c1cc2c3c(c1)CCN3C(=O)CC2)C(=O)OC(C)(C)C. The lowest BCUT2D eigenvalue weighted by atomic mass is 9.94. The van der Waals surface area contributed by atoms with Crippen molar-refractivity contribution in [2.24, 2.45) is 0 Å². The Balaban J connectivity index is 1.32. The Kier molecular flexibility index (Phi) is 8.20. The Morgan fingerprint density at radius 2 is 1.73 bits per heavy atom. The molecule has 2 aromatic carbocycles. The molecule has 2 heterocycles. The number of hydrogen-bond donors (Lipinski definition) is 0. The van der Waals surface area contributed by atoms with Crippen molar-refractivity contribution in [2.75, 3.05) is 25.1 Å². The molecule has 4 rings (SSSR count). The Morgan fingerprint density at radius 3 is 2.46 bits per heavy atom. The third-order valence-corrected chi connectivity index (χ3v) is 6.91. The van der Waals surface area contributed by atoms with Crippen LogP contribution in [0.5, 0.6) is 5.75 Å². The molecule has 7 heteroatoms. The molecule has 198 valence electrons. The summed E-state index contributed by atoms with van der Waals surface area (Å²) in [5.41, 5.74) is 4.40. The summed E-state index contributed by atoms with van der Waals surface area (Å²) in [6.07, 6.45) is 4.53. The molecule has 0 atom stereocenters. The van der Waals surface area contributed by atoms with Gasteiger partial charge in [0.1, 0.15) is 11.4 Å². The highest BCUT2D eigenvalue weighted by atomic mass is 16.6. The van der Waals surface area contributed by atoms with Crippen molar-refractivity contribution in [1.29, 1.82) is 0 Å². The molecule has 0 radical (unpaired) electrons. The third-order valence-electron chi connectivity index (χ3n) is 6.91. The Bertz CT molecular complexity index is 1170. The molecule has 7 nitrogen and oxygen atoms in total. The van der Waals surface area contributed by atoms with Crippen LogP contribution in [-0.4, -0.2) is 48.5 Å². The topological polar surface area (TPSA) is 76.2 Å². The summed E-state index contributed by atoms with van der Waals surface area (Å²) in [4.78, 5) is 41.6. The van der Waals surface area contributed by atoms with E-state index < -0.39 is 5.60 Å². The maximum Gasteiger partial charge on any atom is 0.410 e. The number of rotatable bonds is 10. The van der Waals surface area contributed by atoms with E-state index >= 15 is 0 Å². The molecule has 2 amide bonds. The number of Topliss-reactive ketones (excluding diaryl/α,β-unsaturated/α-hetero) is 1. The van der Waals surface area contributed by atoms with E-state index in [4.69, 9.17) is 9.47 Å². The van der Waals surface area contributed by atoms with Gasteiger partial charge >= 0.3 is 6.09 Å². The Hall–Kier alpha value is -3.35. The zero-order chi connectivity index (χ0) is 26.6. The summed E-state index contributed by atoms with van der Waals surface area (Å²) >= 11 is 0. The van der Waals surface area contributed by atoms with Gasteiger partial charge < -0.3 is 19.3 Å². The number of ketones is 1. The van der Waals surface area contributed by atoms with Crippen molar-refractivity contribution in [1.82, 2.24) is 4.90 Å². The number of para-hydroxylation sites is 1. The van der Waals surface area contributed by atoms with E-state index in [1.165, 1.54) is 0 Å². The smallest absolute Gasteiger partial charge is 0.410 e. The largest absolute Gasteiger partial charge is 0.496 e. The van der Waals surface area contributed by atoms with E-state index in [0.29, 0.717) is 32.4 Å². The predicted octanol–water partition coefficient (Wildman–Crippen LogP) is 5.71. The second kappa shape index (κ2) is 11.4. The first kappa shape index (κ1) is 26.7. The van der Waals surface area contributed by atoms with Crippen LogP contribution in [0.4, 0.5) is 10.5 Å². The van der Waals surface area contributed by atoms with Gasteiger partial charge in [-0.1, -0.05) is 24.6 Å². The molecule has 0 bridgehead atoms. The van der Waals surface area contributed by atoms with Gasteiger partial charge in [0.25, 0.3) is 0 Å². The normalized spacial score (nSPS) is 14.4. The number of unbranched alkanes of at least 4 members (excludes halogenated alkanes) is 2. The Labute approximate surface area is 219 Å². The fourth-order valence-electron chi connectivity index (χ4n) is 5.13. The molecule has 0 saturated carbocycles. The molecule has 2 aliphatic rings. The van der Waals surface area contributed by atoms with Crippen molar-refractivity contribution in [3.8, 4) is 5.75 Å². The Morgan fingerprint density at radius 1 is 1.00 bits per heavy atom. The summed E-state index contributed by atoms with van der Waals surface area (Å²) in [6, 6.07) is 11.6. The highest BCUT2D eigenvalue weighted by Crippen LogP contribution is 2.37. The van der Waals surface area contributed by atoms with Crippen LogP contribution < -0.4 is 9.64 Å². The molecule has 0 aromatic heterocycles. The fourth-order valence-corrected chi connectivity index (χ4v) is 5.13. The summed E-state index contributed by atoms with van der Waals surface area (Å²) in [6.45, 7) is 7.24. The van der Waals surface area contributed by atoms with Crippen LogP contribution in [0.1, 0.15) is 79.9 Å². The molecule has 0 saturated heterocycles. The first-order valence-corrected chi connectivity index (χ1v) is 13.3. The molecule has 0 N–H and O–H groups in total. The number of hydrogen-bond acceptors (Lipinski definition) is 5. The van der Waals surface area contributed by atoms with Crippen molar-refractivity contribution in [2.45, 2.75) is 77.9 Å². The van der Waals surface area contributed by atoms with Gasteiger partial charge in [0.05, 0.1) is 19.3 Å². The second-order valence-electron chi connectivity index (χ2n) is 10.9. The highest BCUT2D eigenvalue weighted by molar-refractivity contribution is 6.02. The third kappa shape index (κ3) is 6.51. The van der Waals surface area contributed by atoms with Crippen molar-refractivity contribution in [3.05, 3.63) is 58.7 Å². The van der Waals surface area contributed by atoms with Crippen LogP contribution in [-0.2, 0) is 28.9 Å². The average molecular weight is 507 g/mol. The molecule has 0 spiro atoms. The zero-order valence-corrected chi connectivity index (χ0v) is 22.5. The molecular weight excluding hydrogens is 468 g/mol. The lowest BCUT2D eigenvalue weighted by Gasteiger charge is -2.28. The zero-order valence-electron chi connectivity index (χ0n) is 22.5. The molecule has 0 aliphatic carbocycles. The highest BCUT2D eigenvalue weighted by Gasteiger charge is 2.32. The minimum Gasteiger partial charge on any atom is -0.496 e. The quantitative estimate of drug-likeness (QED) is 0.305. The van der Waals surface area contributed by atoms with Gasteiger partial charge in [-0.2, -0.15) is 0 Å². The van der Waals surface area contributed by atoms with Gasteiger partial charge in [-0.15, -0.1) is 0 Å². The summed E-state index contributed by atoms with van der Waals surface area (Å²) < 4.78 is 11.1. The average Bonchev–Trinajstić information content (AvgIpc) is 3.29. The monoisotopic (exact) mass is 506 g/mol. The predicted molar refractivity (Wildman–Crippen MR) is 143 cm³/mol. The molecule has 0 fully saturated rings. The van der Waals surface area contributed by atoms with Gasteiger partial charge in [0.2, 0.25) is 5.91 Å². The number of carbonyl (C=O) groups is 3. The minimum absolute atomic E-state index is 0.146. The number of anilines is 1. The standard InChI is InChI=1S/C30H38N2O5/c1-30(2,3)37-29(35)31(20-23-10-7-8-12-26(23)36-4)16-9-5-6-11-25(33)24-18-21-13-14-27(34)32-17-15-22(19-24)28(21)32/h7-8,10,12,18-19H,5-6,9,11,13-17,20H2,1-4H3. The van der Waals surface area contributed by atoms with Gasteiger partial charge in [-0.05, 0) is 75.8 Å². The van der Waals surface area contributed by atoms with E-state index in [0.717, 1.165) is 65.9 Å². The number of amides is 2. The van der Waals surface area contributed by atoms with Gasteiger partial charge in [0, 0.05) is 37.1 Å². The number of carbonyl (C=O) groups excluding carboxylic acids is 3. The van der Waals surface area contributed by atoms with Crippen molar-refractivity contribution in [3.63, 3.8) is 0 Å². The molecule has 2 aromatic rings. The minimum atomic E-state index is -0.581. The van der Waals surface area contributed by atoms with Crippen LogP contribution in [0.15, 0.2) is 36.4 Å². The van der Waals surface area contributed by atoms with Crippen LogP contribution in [0.3, 0.4) is 0 Å². The second-order valence-corrected chi connectivity index (χ2v) is 10.9. The summed E-state index contributed by atoms with van der Waals surface area (Å²) in [5.74, 6) is 1.08. The van der Waals surface area contributed by atoms with E-state index in [-0.39, 0.29) is 17.8 Å². The van der Waals surface area contributed by atoms with Crippen molar-refractivity contribution >= 4 is 23.5 Å². The van der Waals surface area contributed by atoms with Crippen LogP contribution in [0, 0.1) is 0 Å². The first-order chi connectivity index (χ1) is 17.7. The maximum atomic E-state index is 13.0. The summed E-state index contributed by atoms with van der Waals surface area (Å²) in [7, 11) is 1.62. The van der Waals surface area contributed by atoms with Crippen molar-refractivity contribution < 1.29 is 23.9 Å². The molecule has 37 heavy (non-hydrogen) atoms. The van der Waals surface area contributed by atoms with Gasteiger partial charge in [0.15, 0.2) is 5.78 Å². The number of aryl methyl sites for hydroxylation is 1. The first-order valence-electron chi connectivity index (χ1n) is 13.3. The van der Waals surface area contributed by atoms with Gasteiger partial charge in [-0.25, -0.2) is 4.79 Å². The van der Waals surface area contributed by atoms with E-state index in [9.17, 15) is 14.4 Å². The van der Waals surface area contributed by atoms with E-state index in [1.54, 1.807) is 12.0 Å². The number of methoxy groups -OCH3 is 1. The van der Waals surface area contributed by atoms with Crippen LogP contribution >= 0.6 is 0 Å². The maximum absolute atomic E-state index is 13.0. The molecular formula is C30H38N2O5. The molecule has 2 aliphatic heterocycles. The summed E-state index contributed by atoms with van der Waals surface area (Å²) in [5, 5.41) is 0. The number of nitrogens with zero attached hydrogens (tertiary/aromatic N) is 2. The van der Waals surface area contributed by atoms with Gasteiger partial charge in [-0.3, -0.25) is 9.59 Å². The van der Waals surface area contributed by atoms with E-state index in [1.807, 2.05) is 62.1 Å². The number of ether oxygens (including phenoxy) is 2.